The molecule has 174 valence electrons. The van der Waals surface area contributed by atoms with E-state index in [9.17, 15) is 14.7 Å². The van der Waals surface area contributed by atoms with E-state index in [4.69, 9.17) is 21.1 Å². The van der Waals surface area contributed by atoms with Crippen molar-refractivity contribution in [3.05, 3.63) is 64.3 Å². The van der Waals surface area contributed by atoms with Crippen LogP contribution in [0.3, 0.4) is 0 Å². The molecule has 0 aliphatic carbocycles. The van der Waals surface area contributed by atoms with Gasteiger partial charge in [-0.25, -0.2) is 0 Å². The van der Waals surface area contributed by atoms with E-state index < -0.39 is 5.60 Å². The van der Waals surface area contributed by atoms with Crippen LogP contribution in [0.25, 0.3) is 6.08 Å². The van der Waals surface area contributed by atoms with Gasteiger partial charge in [0, 0.05) is 24.3 Å². The Morgan fingerprint density at radius 1 is 1.09 bits per heavy atom. The number of nitrogens with zero attached hydrogens (tertiary/aromatic N) is 2. The van der Waals surface area contributed by atoms with Crippen molar-refractivity contribution in [2.75, 3.05) is 33.9 Å². The summed E-state index contributed by atoms with van der Waals surface area (Å²) >= 11 is 5.95. The van der Waals surface area contributed by atoms with Crippen molar-refractivity contribution in [2.24, 2.45) is 0 Å². The van der Waals surface area contributed by atoms with Crippen LogP contribution in [-0.2, 0) is 21.6 Å². The number of carbonyl (C=O) groups is 2. The standard InChI is InChI=1S/C25H27ClN2O5/c1-32-21-13-17-7-10-28(23(29)15-18(17)14-22(21)33-2)16-24(30)27-11-8-25(31,9-12-27)19-3-5-20(26)6-4-19/h3-7,10,13-14,31H,8-9,11-12,15-16H2,1-2H3. The highest BCUT2D eigenvalue weighted by Crippen LogP contribution is 2.34. The monoisotopic (exact) mass is 470 g/mol. The highest BCUT2D eigenvalue weighted by atomic mass is 35.5. The molecule has 0 radical (unpaired) electrons. The summed E-state index contributed by atoms with van der Waals surface area (Å²) in [6.07, 6.45) is 4.47. The van der Waals surface area contributed by atoms with E-state index in [-0.39, 0.29) is 24.8 Å². The zero-order valence-electron chi connectivity index (χ0n) is 18.7. The van der Waals surface area contributed by atoms with Crippen LogP contribution < -0.4 is 9.47 Å². The van der Waals surface area contributed by atoms with Gasteiger partial charge in [-0.1, -0.05) is 23.7 Å². The second kappa shape index (κ2) is 9.45. The van der Waals surface area contributed by atoms with E-state index in [1.165, 1.54) is 4.90 Å². The number of ether oxygens (including phenoxy) is 2. The van der Waals surface area contributed by atoms with Gasteiger partial charge in [-0.2, -0.15) is 0 Å². The quantitative estimate of drug-likeness (QED) is 0.725. The molecule has 8 heteroatoms. The predicted octanol–water partition coefficient (Wildman–Crippen LogP) is 3.22. The van der Waals surface area contributed by atoms with Gasteiger partial charge in [-0.15, -0.1) is 0 Å². The molecule has 0 atom stereocenters. The maximum Gasteiger partial charge on any atom is 0.242 e. The lowest BCUT2D eigenvalue weighted by atomic mass is 9.84. The largest absolute Gasteiger partial charge is 0.493 e. The molecule has 0 spiro atoms. The summed E-state index contributed by atoms with van der Waals surface area (Å²) in [7, 11) is 3.11. The van der Waals surface area contributed by atoms with Crippen LogP contribution in [0.1, 0.15) is 29.5 Å². The maximum atomic E-state index is 12.9. The minimum absolute atomic E-state index is 0.0447. The summed E-state index contributed by atoms with van der Waals surface area (Å²) < 4.78 is 10.7. The molecule has 4 rings (SSSR count). The van der Waals surface area contributed by atoms with Crippen molar-refractivity contribution >= 4 is 29.5 Å². The molecule has 1 fully saturated rings. The molecule has 1 saturated heterocycles. The van der Waals surface area contributed by atoms with Crippen LogP contribution >= 0.6 is 11.6 Å². The summed E-state index contributed by atoms with van der Waals surface area (Å²) in [5.74, 6) is 0.829. The third-order valence-corrected chi connectivity index (χ3v) is 6.62. The normalized spacial score (nSPS) is 17.4. The average Bonchev–Trinajstić information content (AvgIpc) is 2.96. The molecular weight excluding hydrogens is 444 g/mol. The molecule has 2 heterocycles. The highest BCUT2D eigenvalue weighted by Gasteiger charge is 2.36. The van der Waals surface area contributed by atoms with Crippen LogP contribution in [0.2, 0.25) is 5.02 Å². The predicted molar refractivity (Wildman–Crippen MR) is 125 cm³/mol. The Morgan fingerprint density at radius 3 is 2.36 bits per heavy atom. The first kappa shape index (κ1) is 23.1. The van der Waals surface area contributed by atoms with Crippen LogP contribution in [0, 0.1) is 0 Å². The van der Waals surface area contributed by atoms with E-state index in [2.05, 4.69) is 0 Å². The number of methoxy groups -OCH3 is 2. The van der Waals surface area contributed by atoms with Crippen LogP contribution in [0.5, 0.6) is 11.5 Å². The summed E-state index contributed by atoms with van der Waals surface area (Å²) in [6, 6.07) is 10.8. The van der Waals surface area contributed by atoms with Crippen molar-refractivity contribution in [3.8, 4) is 11.5 Å². The zero-order chi connectivity index (χ0) is 23.6. The first-order valence-electron chi connectivity index (χ1n) is 10.8. The zero-order valence-corrected chi connectivity index (χ0v) is 19.5. The van der Waals surface area contributed by atoms with Gasteiger partial charge < -0.3 is 24.4 Å². The number of hydrogen-bond donors (Lipinski definition) is 1. The molecule has 2 aromatic rings. The number of halogens is 1. The molecule has 0 unspecified atom stereocenters. The van der Waals surface area contributed by atoms with E-state index in [0.29, 0.717) is 42.5 Å². The third-order valence-electron chi connectivity index (χ3n) is 6.37. The molecule has 0 saturated carbocycles. The molecule has 1 N–H and O–H groups in total. The summed E-state index contributed by atoms with van der Waals surface area (Å²) in [5, 5.41) is 11.7. The number of rotatable bonds is 5. The molecule has 2 aliphatic heterocycles. The number of hydrogen-bond acceptors (Lipinski definition) is 5. The van der Waals surface area contributed by atoms with Gasteiger partial charge in [-0.3, -0.25) is 9.59 Å². The minimum atomic E-state index is -0.987. The fraction of sp³-hybridized carbons (Fsp3) is 0.360. The fourth-order valence-corrected chi connectivity index (χ4v) is 4.45. The smallest absolute Gasteiger partial charge is 0.242 e. The van der Waals surface area contributed by atoms with Crippen LogP contribution in [0.15, 0.2) is 42.6 Å². The lowest BCUT2D eigenvalue weighted by Crippen LogP contribution is -2.48. The summed E-state index contributed by atoms with van der Waals surface area (Å²) in [5.41, 5.74) is 1.48. The molecule has 7 nitrogen and oxygen atoms in total. The number of fused-ring (bicyclic) bond motifs is 1. The number of aliphatic hydroxyl groups is 1. The van der Waals surface area contributed by atoms with Crippen LogP contribution in [-0.4, -0.2) is 60.6 Å². The average molecular weight is 471 g/mol. The molecule has 33 heavy (non-hydrogen) atoms. The summed E-state index contributed by atoms with van der Waals surface area (Å²) in [6.45, 7) is 0.785. The van der Waals surface area contributed by atoms with E-state index in [1.54, 1.807) is 43.5 Å². The van der Waals surface area contributed by atoms with Gasteiger partial charge in [0.05, 0.1) is 26.2 Å². The van der Waals surface area contributed by atoms with Gasteiger partial charge in [0.15, 0.2) is 11.5 Å². The van der Waals surface area contributed by atoms with Gasteiger partial charge in [0.25, 0.3) is 0 Å². The maximum absolute atomic E-state index is 12.9. The molecule has 2 amide bonds. The molecular formula is C25H27ClN2O5. The fourth-order valence-electron chi connectivity index (χ4n) is 4.32. The number of amides is 2. The lowest BCUT2D eigenvalue weighted by Gasteiger charge is -2.39. The van der Waals surface area contributed by atoms with Gasteiger partial charge in [0.2, 0.25) is 11.8 Å². The third kappa shape index (κ3) is 4.84. The Kier molecular flexibility index (Phi) is 6.63. The first-order chi connectivity index (χ1) is 15.8. The van der Waals surface area contributed by atoms with Gasteiger partial charge in [-0.05, 0) is 59.9 Å². The Morgan fingerprint density at radius 2 is 1.73 bits per heavy atom. The lowest BCUT2D eigenvalue weighted by molar-refractivity contribution is -0.141. The van der Waals surface area contributed by atoms with E-state index >= 15 is 0 Å². The Hall–Kier alpha value is -3.03. The van der Waals surface area contributed by atoms with Crippen molar-refractivity contribution in [3.63, 3.8) is 0 Å². The Labute approximate surface area is 198 Å². The van der Waals surface area contributed by atoms with Crippen molar-refractivity contribution in [1.82, 2.24) is 9.80 Å². The summed E-state index contributed by atoms with van der Waals surface area (Å²) in [4.78, 5) is 28.9. The number of carbonyl (C=O) groups excluding carboxylic acids is 2. The second-order valence-electron chi connectivity index (χ2n) is 8.34. The number of piperidine rings is 1. The van der Waals surface area contributed by atoms with Gasteiger partial charge >= 0.3 is 0 Å². The molecule has 2 aliphatic rings. The van der Waals surface area contributed by atoms with Crippen LogP contribution in [0.4, 0.5) is 0 Å². The van der Waals surface area contributed by atoms with Crippen molar-refractivity contribution in [1.29, 1.82) is 0 Å². The molecule has 0 bridgehead atoms. The van der Waals surface area contributed by atoms with Gasteiger partial charge in [0.1, 0.15) is 6.54 Å². The first-order valence-corrected chi connectivity index (χ1v) is 11.2. The molecule has 0 aromatic heterocycles. The Bertz CT molecular complexity index is 1070. The number of benzene rings is 2. The topological polar surface area (TPSA) is 79.3 Å². The minimum Gasteiger partial charge on any atom is -0.493 e. The van der Waals surface area contributed by atoms with Crippen molar-refractivity contribution in [2.45, 2.75) is 24.9 Å². The highest BCUT2D eigenvalue weighted by molar-refractivity contribution is 6.30. The SMILES string of the molecule is COc1cc2c(cc1OC)CC(=O)N(CC(=O)N1CCC(O)(c3ccc(Cl)cc3)CC1)C=C2. The second-order valence-corrected chi connectivity index (χ2v) is 8.78. The number of likely N-dealkylation sites (tertiary alicyclic amines) is 1. The van der Waals surface area contributed by atoms with Crippen molar-refractivity contribution < 1.29 is 24.2 Å². The van der Waals surface area contributed by atoms with E-state index in [0.717, 1.165) is 16.7 Å². The molecule has 2 aromatic carbocycles. The Balaban J connectivity index is 1.40. The van der Waals surface area contributed by atoms with E-state index in [1.807, 2.05) is 24.3 Å².